The fourth-order valence-corrected chi connectivity index (χ4v) is 5.90. The van der Waals surface area contributed by atoms with Crippen LogP contribution >= 0.6 is 11.3 Å². The Morgan fingerprint density at radius 2 is 1.91 bits per heavy atom. The van der Waals surface area contributed by atoms with Gasteiger partial charge < -0.3 is 5.32 Å². The summed E-state index contributed by atoms with van der Waals surface area (Å²) in [4.78, 5) is 35.3. The highest BCUT2D eigenvalue weighted by molar-refractivity contribution is 7.18. The Balaban J connectivity index is 1.52. The molecule has 1 aliphatic heterocycles. The number of carbonyl (C=O) groups excluding carboxylic acids is 1. The summed E-state index contributed by atoms with van der Waals surface area (Å²) in [6.45, 7) is 2.09. The molecule has 1 aromatic carbocycles. The summed E-state index contributed by atoms with van der Waals surface area (Å²) in [6.07, 6.45) is 6.17. The molecule has 5 rings (SSSR count). The van der Waals surface area contributed by atoms with Crippen molar-refractivity contribution in [3.63, 3.8) is 0 Å². The van der Waals surface area contributed by atoms with Crippen molar-refractivity contribution in [1.82, 2.24) is 14.5 Å². The van der Waals surface area contributed by atoms with Gasteiger partial charge in [-0.1, -0.05) is 0 Å². The number of hydrogen-bond donors (Lipinski definition) is 1. The van der Waals surface area contributed by atoms with E-state index >= 15 is 0 Å². The first-order valence-electron chi connectivity index (χ1n) is 11.0. The Labute approximate surface area is 187 Å². The van der Waals surface area contributed by atoms with E-state index in [0.29, 0.717) is 23.8 Å². The van der Waals surface area contributed by atoms with Crippen LogP contribution in [0.25, 0.3) is 10.2 Å². The molecule has 0 spiro atoms. The van der Waals surface area contributed by atoms with Crippen LogP contribution in [0.4, 0.5) is 14.5 Å². The molecule has 1 aliphatic carbocycles. The van der Waals surface area contributed by atoms with Gasteiger partial charge in [-0.05, 0) is 69.3 Å². The lowest BCUT2D eigenvalue weighted by atomic mass is 9.97. The van der Waals surface area contributed by atoms with Gasteiger partial charge in [0.15, 0.2) is 0 Å². The minimum Gasteiger partial charge on any atom is -0.322 e. The quantitative estimate of drug-likeness (QED) is 0.631. The average Bonchev–Trinajstić information content (AvgIpc) is 3.40. The number of nitrogens with one attached hydrogen (secondary N) is 1. The van der Waals surface area contributed by atoms with Crippen molar-refractivity contribution in [3.8, 4) is 0 Å². The predicted molar refractivity (Wildman–Crippen MR) is 120 cm³/mol. The molecule has 3 heterocycles. The summed E-state index contributed by atoms with van der Waals surface area (Å²) < 4.78 is 28.6. The van der Waals surface area contributed by atoms with Gasteiger partial charge in [0, 0.05) is 10.9 Å². The van der Waals surface area contributed by atoms with Gasteiger partial charge in [-0.25, -0.2) is 13.8 Å². The van der Waals surface area contributed by atoms with Crippen molar-refractivity contribution in [1.29, 1.82) is 0 Å². The largest absolute Gasteiger partial charge is 0.322 e. The zero-order valence-corrected chi connectivity index (χ0v) is 18.4. The molecular formula is C23H24F2N4O2S. The van der Waals surface area contributed by atoms with Crippen molar-refractivity contribution < 1.29 is 13.6 Å². The average molecular weight is 459 g/mol. The number of nitrogens with zero attached hydrogens (tertiary/aromatic N) is 3. The molecular weight excluding hydrogens is 434 g/mol. The number of amides is 1. The number of rotatable bonds is 5. The molecule has 6 nitrogen and oxygen atoms in total. The van der Waals surface area contributed by atoms with Crippen LogP contribution in [0.5, 0.6) is 0 Å². The number of carbonyl (C=O) groups is 1. The standard InChI is InChI=1S/C23H24F2N4O2S/c24-14-7-8-17(16(25)11-14)26-20(30)13-29-19(12-28-9-3-4-10-28)27-22-21(23(29)31)15-5-1-2-6-18(15)32-22/h7-8,11H,1-6,9-10,12-13H2,(H,26,30). The van der Waals surface area contributed by atoms with Gasteiger partial charge in [-0.3, -0.25) is 19.1 Å². The molecule has 3 aromatic rings. The summed E-state index contributed by atoms with van der Waals surface area (Å²) >= 11 is 1.59. The minimum absolute atomic E-state index is 0.118. The second-order valence-corrected chi connectivity index (χ2v) is 9.55. The molecule has 9 heteroatoms. The van der Waals surface area contributed by atoms with Crippen LogP contribution in [0.1, 0.15) is 41.9 Å². The monoisotopic (exact) mass is 458 g/mol. The maximum atomic E-state index is 14.0. The lowest BCUT2D eigenvalue weighted by molar-refractivity contribution is -0.116. The topological polar surface area (TPSA) is 67.2 Å². The van der Waals surface area contributed by atoms with E-state index in [9.17, 15) is 18.4 Å². The Bertz CT molecular complexity index is 1250. The highest BCUT2D eigenvalue weighted by atomic mass is 32.1. The van der Waals surface area contributed by atoms with Crippen LogP contribution in [-0.2, 0) is 30.7 Å². The molecule has 2 aliphatic rings. The van der Waals surface area contributed by atoms with Crippen LogP contribution in [0.2, 0.25) is 0 Å². The molecule has 1 fully saturated rings. The molecule has 1 amide bonds. The number of likely N-dealkylation sites (tertiary alicyclic amines) is 1. The summed E-state index contributed by atoms with van der Waals surface area (Å²) in [5, 5.41) is 3.08. The van der Waals surface area contributed by atoms with Gasteiger partial charge in [-0.2, -0.15) is 0 Å². The zero-order chi connectivity index (χ0) is 22.2. The number of thiophene rings is 1. The maximum Gasteiger partial charge on any atom is 0.263 e. The van der Waals surface area contributed by atoms with E-state index in [1.54, 1.807) is 11.3 Å². The molecule has 0 saturated carbocycles. The van der Waals surface area contributed by atoms with Crippen molar-refractivity contribution in [2.24, 2.45) is 0 Å². The molecule has 0 atom stereocenters. The van der Waals surface area contributed by atoms with Crippen LogP contribution < -0.4 is 10.9 Å². The maximum absolute atomic E-state index is 14.0. The van der Waals surface area contributed by atoms with Crippen LogP contribution in [-0.4, -0.2) is 33.4 Å². The Kier molecular flexibility index (Phi) is 5.77. The van der Waals surface area contributed by atoms with Gasteiger partial charge in [0.1, 0.15) is 28.8 Å². The van der Waals surface area contributed by atoms with Gasteiger partial charge in [0.05, 0.1) is 17.6 Å². The van der Waals surface area contributed by atoms with Crippen LogP contribution in [0.15, 0.2) is 23.0 Å². The number of hydrogen-bond acceptors (Lipinski definition) is 5. The van der Waals surface area contributed by atoms with Gasteiger partial charge in [0.2, 0.25) is 5.91 Å². The van der Waals surface area contributed by atoms with E-state index in [2.05, 4.69) is 10.2 Å². The number of benzene rings is 1. The zero-order valence-electron chi connectivity index (χ0n) is 17.6. The minimum atomic E-state index is -0.858. The smallest absolute Gasteiger partial charge is 0.263 e. The molecule has 0 unspecified atom stereocenters. The van der Waals surface area contributed by atoms with Crippen molar-refractivity contribution in [3.05, 3.63) is 56.5 Å². The first-order chi connectivity index (χ1) is 15.5. The molecule has 32 heavy (non-hydrogen) atoms. The highest BCUT2D eigenvalue weighted by Crippen LogP contribution is 2.34. The Morgan fingerprint density at radius 1 is 1.12 bits per heavy atom. The molecule has 0 bridgehead atoms. The third kappa shape index (κ3) is 4.06. The first-order valence-corrected chi connectivity index (χ1v) is 11.8. The number of anilines is 1. The molecule has 0 radical (unpaired) electrons. The second-order valence-electron chi connectivity index (χ2n) is 8.47. The van der Waals surface area contributed by atoms with Crippen molar-refractivity contribution in [2.75, 3.05) is 18.4 Å². The van der Waals surface area contributed by atoms with Crippen LogP contribution in [0.3, 0.4) is 0 Å². The lowest BCUT2D eigenvalue weighted by Gasteiger charge is -2.18. The number of halogens is 2. The lowest BCUT2D eigenvalue weighted by Crippen LogP contribution is -2.34. The van der Waals surface area contributed by atoms with E-state index in [1.807, 2.05) is 0 Å². The summed E-state index contributed by atoms with van der Waals surface area (Å²) in [5.74, 6) is -1.58. The molecule has 2 aromatic heterocycles. The molecule has 168 valence electrons. The van der Waals surface area contributed by atoms with Crippen molar-refractivity contribution in [2.45, 2.75) is 51.6 Å². The Morgan fingerprint density at radius 3 is 2.69 bits per heavy atom. The number of aryl methyl sites for hydroxylation is 2. The number of fused-ring (bicyclic) bond motifs is 3. The van der Waals surface area contributed by atoms with Crippen molar-refractivity contribution >= 4 is 33.1 Å². The van der Waals surface area contributed by atoms with Crippen LogP contribution in [0, 0.1) is 11.6 Å². The Hall–Kier alpha value is -2.65. The normalized spacial score (nSPS) is 16.4. The predicted octanol–water partition coefficient (Wildman–Crippen LogP) is 3.85. The third-order valence-corrected chi connectivity index (χ3v) is 7.41. The van der Waals surface area contributed by atoms with E-state index in [1.165, 1.54) is 15.5 Å². The fraction of sp³-hybridized carbons (Fsp3) is 0.435. The SMILES string of the molecule is O=C(Cn1c(CN2CCCC2)nc2sc3c(c2c1=O)CCCC3)Nc1ccc(F)cc1F. The second kappa shape index (κ2) is 8.71. The van der Waals surface area contributed by atoms with Gasteiger partial charge in [0.25, 0.3) is 5.56 Å². The molecule has 1 saturated heterocycles. The summed E-state index contributed by atoms with van der Waals surface area (Å²) in [7, 11) is 0. The van der Waals surface area contributed by atoms with E-state index in [0.717, 1.165) is 68.1 Å². The summed E-state index contributed by atoms with van der Waals surface area (Å²) in [5.41, 5.74) is 0.742. The fourth-order valence-electron chi connectivity index (χ4n) is 4.63. The number of aromatic nitrogens is 2. The summed E-state index contributed by atoms with van der Waals surface area (Å²) in [6, 6.07) is 2.97. The highest BCUT2D eigenvalue weighted by Gasteiger charge is 2.24. The third-order valence-electron chi connectivity index (χ3n) is 6.22. The van der Waals surface area contributed by atoms with Gasteiger partial charge in [-0.15, -0.1) is 11.3 Å². The molecule has 1 N–H and O–H groups in total. The van der Waals surface area contributed by atoms with E-state index < -0.39 is 17.5 Å². The van der Waals surface area contributed by atoms with E-state index in [4.69, 9.17) is 4.98 Å². The van der Waals surface area contributed by atoms with E-state index in [-0.39, 0.29) is 17.8 Å². The van der Waals surface area contributed by atoms with Gasteiger partial charge >= 0.3 is 0 Å². The first kappa shape index (κ1) is 21.2.